The fraction of sp³-hybridized carbons (Fsp3) is 0.412. The zero-order chi connectivity index (χ0) is 31.3. The largest absolute Gasteiger partial charge is 0.350 e. The van der Waals surface area contributed by atoms with Crippen molar-refractivity contribution in [3.63, 3.8) is 0 Å². The SMILES string of the molecule is Cc1cccc(CN(C(=O)CN(c2ccc(C(C)(C)C)cc2)S(C)(=O)=O)C(Cc2ccccc2)C(=O)NC(C)(C)C)c1. The van der Waals surface area contributed by atoms with Gasteiger partial charge in [0.05, 0.1) is 11.9 Å². The zero-order valence-corrected chi connectivity index (χ0v) is 27.0. The highest BCUT2D eigenvalue weighted by Gasteiger charge is 2.34. The first-order valence-electron chi connectivity index (χ1n) is 14.2. The van der Waals surface area contributed by atoms with Crippen LogP contribution in [0.15, 0.2) is 78.9 Å². The van der Waals surface area contributed by atoms with Crippen LogP contribution in [0, 0.1) is 6.92 Å². The van der Waals surface area contributed by atoms with Crippen LogP contribution in [0.5, 0.6) is 0 Å². The van der Waals surface area contributed by atoms with Gasteiger partial charge < -0.3 is 10.2 Å². The number of carbonyl (C=O) groups excluding carboxylic acids is 2. The van der Waals surface area contributed by atoms with E-state index in [0.29, 0.717) is 5.69 Å². The van der Waals surface area contributed by atoms with Crippen molar-refractivity contribution < 1.29 is 18.0 Å². The van der Waals surface area contributed by atoms with Gasteiger partial charge in [0.1, 0.15) is 12.6 Å². The molecule has 8 heteroatoms. The summed E-state index contributed by atoms with van der Waals surface area (Å²) in [6.07, 6.45) is 1.37. The number of hydrogen-bond donors (Lipinski definition) is 1. The van der Waals surface area contributed by atoms with Crippen LogP contribution in [0.25, 0.3) is 0 Å². The van der Waals surface area contributed by atoms with Gasteiger partial charge in [0, 0.05) is 18.5 Å². The van der Waals surface area contributed by atoms with Crippen LogP contribution in [0.1, 0.15) is 63.8 Å². The highest BCUT2D eigenvalue weighted by molar-refractivity contribution is 7.92. The fourth-order valence-electron chi connectivity index (χ4n) is 4.76. The number of amides is 2. The van der Waals surface area contributed by atoms with E-state index >= 15 is 0 Å². The molecule has 226 valence electrons. The number of benzene rings is 3. The van der Waals surface area contributed by atoms with Crippen LogP contribution in [-0.2, 0) is 38.0 Å². The highest BCUT2D eigenvalue weighted by atomic mass is 32.2. The molecule has 3 rings (SSSR count). The van der Waals surface area contributed by atoms with Crippen LogP contribution >= 0.6 is 0 Å². The Morgan fingerprint density at radius 3 is 1.95 bits per heavy atom. The fourth-order valence-corrected chi connectivity index (χ4v) is 5.61. The lowest BCUT2D eigenvalue weighted by molar-refractivity contribution is -0.140. The van der Waals surface area contributed by atoms with Crippen molar-refractivity contribution in [2.45, 2.75) is 78.4 Å². The molecule has 0 heterocycles. The van der Waals surface area contributed by atoms with Gasteiger partial charge in [-0.1, -0.05) is 93.1 Å². The molecule has 2 amide bonds. The Morgan fingerprint density at radius 2 is 1.43 bits per heavy atom. The molecule has 3 aromatic carbocycles. The summed E-state index contributed by atoms with van der Waals surface area (Å²) in [5.41, 5.74) is 3.58. The van der Waals surface area contributed by atoms with Crippen molar-refractivity contribution in [1.29, 1.82) is 0 Å². The van der Waals surface area contributed by atoms with Crippen molar-refractivity contribution in [3.8, 4) is 0 Å². The molecule has 1 atom stereocenters. The summed E-state index contributed by atoms with van der Waals surface area (Å²) in [7, 11) is -3.82. The van der Waals surface area contributed by atoms with E-state index in [1.807, 2.05) is 94.4 Å². The number of hydrogen-bond acceptors (Lipinski definition) is 4. The van der Waals surface area contributed by atoms with E-state index in [0.717, 1.165) is 32.8 Å². The van der Waals surface area contributed by atoms with Crippen LogP contribution in [-0.4, -0.2) is 49.5 Å². The first-order chi connectivity index (χ1) is 19.4. The summed E-state index contributed by atoms with van der Waals surface area (Å²) in [5.74, 6) is -0.764. The summed E-state index contributed by atoms with van der Waals surface area (Å²) >= 11 is 0. The minimum Gasteiger partial charge on any atom is -0.350 e. The molecular formula is C34H45N3O4S. The van der Waals surface area contributed by atoms with Gasteiger partial charge in [-0.25, -0.2) is 8.42 Å². The third kappa shape index (κ3) is 9.44. The van der Waals surface area contributed by atoms with Gasteiger partial charge in [-0.2, -0.15) is 0 Å². The van der Waals surface area contributed by atoms with Gasteiger partial charge in [-0.15, -0.1) is 0 Å². The highest BCUT2D eigenvalue weighted by Crippen LogP contribution is 2.26. The molecule has 0 fully saturated rings. The predicted molar refractivity (Wildman–Crippen MR) is 171 cm³/mol. The maximum Gasteiger partial charge on any atom is 0.244 e. The molecule has 1 unspecified atom stereocenters. The van der Waals surface area contributed by atoms with Gasteiger partial charge in [0.2, 0.25) is 21.8 Å². The lowest BCUT2D eigenvalue weighted by atomic mass is 9.87. The molecule has 0 radical (unpaired) electrons. The van der Waals surface area contributed by atoms with Crippen molar-refractivity contribution in [2.24, 2.45) is 0 Å². The monoisotopic (exact) mass is 591 g/mol. The molecule has 0 aliphatic rings. The number of carbonyl (C=O) groups is 2. The second kappa shape index (κ2) is 13.1. The minimum atomic E-state index is -3.82. The second-order valence-corrected chi connectivity index (χ2v) is 14.9. The smallest absolute Gasteiger partial charge is 0.244 e. The number of nitrogens with zero attached hydrogens (tertiary/aromatic N) is 2. The van der Waals surface area contributed by atoms with E-state index in [1.54, 1.807) is 12.1 Å². The van der Waals surface area contributed by atoms with E-state index in [1.165, 1.54) is 4.90 Å². The number of rotatable bonds is 10. The molecular weight excluding hydrogens is 546 g/mol. The summed E-state index contributed by atoms with van der Waals surface area (Å²) < 4.78 is 27.2. The molecule has 0 bridgehead atoms. The average Bonchev–Trinajstić information content (AvgIpc) is 2.87. The summed E-state index contributed by atoms with van der Waals surface area (Å²) in [6, 6.07) is 23.7. The summed E-state index contributed by atoms with van der Waals surface area (Å²) in [6.45, 7) is 13.6. The third-order valence-electron chi connectivity index (χ3n) is 6.91. The van der Waals surface area contributed by atoms with E-state index < -0.39 is 34.1 Å². The lowest BCUT2D eigenvalue weighted by Gasteiger charge is -2.35. The van der Waals surface area contributed by atoms with Gasteiger partial charge >= 0.3 is 0 Å². The Balaban J connectivity index is 2.07. The van der Waals surface area contributed by atoms with Crippen molar-refractivity contribution in [1.82, 2.24) is 10.2 Å². The van der Waals surface area contributed by atoms with Crippen LogP contribution in [0.2, 0.25) is 0 Å². The van der Waals surface area contributed by atoms with Crippen molar-refractivity contribution in [3.05, 3.63) is 101 Å². The number of anilines is 1. The molecule has 0 aliphatic heterocycles. The van der Waals surface area contributed by atoms with E-state index in [9.17, 15) is 18.0 Å². The maximum atomic E-state index is 14.2. The third-order valence-corrected chi connectivity index (χ3v) is 8.05. The molecule has 0 aliphatic carbocycles. The van der Waals surface area contributed by atoms with E-state index in [-0.39, 0.29) is 24.3 Å². The van der Waals surface area contributed by atoms with Crippen LogP contribution < -0.4 is 9.62 Å². The molecule has 0 aromatic heterocycles. The quantitative estimate of drug-likeness (QED) is 0.332. The average molecular weight is 592 g/mol. The molecule has 0 spiro atoms. The number of aryl methyl sites for hydroxylation is 1. The predicted octanol–water partition coefficient (Wildman–Crippen LogP) is 5.61. The molecule has 0 saturated heterocycles. The summed E-state index contributed by atoms with van der Waals surface area (Å²) in [5, 5.41) is 3.04. The first-order valence-corrected chi connectivity index (χ1v) is 16.1. The minimum absolute atomic E-state index is 0.111. The Labute approximate surface area is 252 Å². The second-order valence-electron chi connectivity index (χ2n) is 13.0. The molecule has 3 aromatic rings. The Morgan fingerprint density at radius 1 is 0.833 bits per heavy atom. The number of sulfonamides is 1. The van der Waals surface area contributed by atoms with Crippen molar-refractivity contribution in [2.75, 3.05) is 17.1 Å². The zero-order valence-electron chi connectivity index (χ0n) is 26.1. The lowest BCUT2D eigenvalue weighted by Crippen LogP contribution is -2.56. The van der Waals surface area contributed by atoms with Gasteiger partial charge in [0.25, 0.3) is 0 Å². The first kappa shape index (κ1) is 32.9. The Kier molecular flexibility index (Phi) is 10.3. The van der Waals surface area contributed by atoms with E-state index in [2.05, 4.69) is 26.1 Å². The van der Waals surface area contributed by atoms with Crippen LogP contribution in [0.3, 0.4) is 0 Å². The maximum absolute atomic E-state index is 14.2. The molecule has 1 N–H and O–H groups in total. The van der Waals surface area contributed by atoms with Gasteiger partial charge in [-0.3, -0.25) is 13.9 Å². The summed E-state index contributed by atoms with van der Waals surface area (Å²) in [4.78, 5) is 29.6. The van der Waals surface area contributed by atoms with Crippen molar-refractivity contribution >= 4 is 27.5 Å². The Hall–Kier alpha value is -3.65. The van der Waals surface area contributed by atoms with Gasteiger partial charge in [-0.05, 0) is 61.9 Å². The Bertz CT molecular complexity index is 1470. The van der Waals surface area contributed by atoms with Gasteiger partial charge in [0.15, 0.2) is 0 Å². The standard InChI is InChI=1S/C34H45N3O4S/c1-25-13-12-16-27(21-25)23-36(30(32(39)35-34(5,6)7)22-26-14-10-9-11-15-26)31(38)24-37(42(8,40)41)29-19-17-28(18-20-29)33(2,3)4/h9-21,30H,22-24H2,1-8H3,(H,35,39). The van der Waals surface area contributed by atoms with Crippen LogP contribution in [0.4, 0.5) is 5.69 Å². The van der Waals surface area contributed by atoms with E-state index in [4.69, 9.17) is 0 Å². The molecule has 0 saturated carbocycles. The molecule has 42 heavy (non-hydrogen) atoms. The topological polar surface area (TPSA) is 86.8 Å². The number of nitrogens with one attached hydrogen (secondary N) is 1. The molecule has 7 nitrogen and oxygen atoms in total. The normalized spacial score (nSPS) is 12.9.